The molecule has 0 fully saturated rings. The molecule has 3 N–H and O–H groups in total. The highest BCUT2D eigenvalue weighted by Crippen LogP contribution is 2.24. The molecule has 0 saturated carbocycles. The number of rotatable bonds is 3. The number of para-hydroxylation sites is 1. The number of carboxylic acids is 1. The van der Waals surface area contributed by atoms with Crippen LogP contribution in [0, 0.1) is 0 Å². The number of pyridine rings is 1. The number of hydrogen-bond acceptors (Lipinski definition) is 4. The summed E-state index contributed by atoms with van der Waals surface area (Å²) in [5.41, 5.74) is 6.21. The lowest BCUT2D eigenvalue weighted by Gasteiger charge is -2.09. The molecule has 21 heavy (non-hydrogen) atoms. The fourth-order valence-corrected chi connectivity index (χ4v) is 2.11. The second-order valence-electron chi connectivity index (χ2n) is 4.35. The van der Waals surface area contributed by atoms with Gasteiger partial charge in [0, 0.05) is 17.8 Å². The molecule has 0 aliphatic carbocycles. The third-order valence-electron chi connectivity index (χ3n) is 3.05. The Hall–Kier alpha value is -3.22. The number of aromatic carboxylic acids is 1. The van der Waals surface area contributed by atoms with Crippen LogP contribution in [-0.4, -0.2) is 31.7 Å². The van der Waals surface area contributed by atoms with Gasteiger partial charge >= 0.3 is 5.97 Å². The monoisotopic (exact) mass is 282 g/mol. The zero-order chi connectivity index (χ0) is 15.0. The van der Waals surface area contributed by atoms with E-state index in [9.17, 15) is 14.7 Å². The molecule has 0 aliphatic heterocycles. The van der Waals surface area contributed by atoms with E-state index in [1.807, 2.05) is 0 Å². The first-order valence-corrected chi connectivity index (χ1v) is 6.05. The fraction of sp³-hybridized carbons (Fsp3) is 0. The number of primary amides is 1. The first kappa shape index (κ1) is 12.8. The number of carbonyl (C=O) groups excluding carboxylic acids is 1. The van der Waals surface area contributed by atoms with E-state index >= 15 is 0 Å². The summed E-state index contributed by atoms with van der Waals surface area (Å²) in [5.74, 6) is -1.80. The number of carboxylic acid groups (broad SMARTS) is 1. The standard InChI is InChI=1S/C14H10N4O3/c15-13(19)11-5-6-18(17-11)12-8-3-1-2-4-10(8)16-7-9(12)14(20)21/h1-7H,(H2,15,19)(H,20,21). The molecule has 3 rings (SSSR count). The molecule has 0 atom stereocenters. The van der Waals surface area contributed by atoms with Crippen LogP contribution in [0.25, 0.3) is 16.6 Å². The van der Waals surface area contributed by atoms with Gasteiger partial charge in [-0.05, 0) is 12.1 Å². The number of amides is 1. The van der Waals surface area contributed by atoms with E-state index in [2.05, 4.69) is 10.1 Å². The van der Waals surface area contributed by atoms with E-state index in [-0.39, 0.29) is 11.3 Å². The summed E-state index contributed by atoms with van der Waals surface area (Å²) in [7, 11) is 0. The van der Waals surface area contributed by atoms with Crippen molar-refractivity contribution in [2.75, 3.05) is 0 Å². The first-order valence-electron chi connectivity index (χ1n) is 6.05. The first-order chi connectivity index (χ1) is 10.1. The Balaban J connectivity index is 2.34. The quantitative estimate of drug-likeness (QED) is 0.750. The van der Waals surface area contributed by atoms with Crippen molar-refractivity contribution in [2.24, 2.45) is 5.73 Å². The molecule has 1 aromatic carbocycles. The van der Waals surface area contributed by atoms with Crippen molar-refractivity contribution in [3.8, 4) is 5.69 Å². The summed E-state index contributed by atoms with van der Waals surface area (Å²) in [6.07, 6.45) is 2.76. The van der Waals surface area contributed by atoms with Gasteiger partial charge in [0.05, 0.1) is 11.2 Å². The van der Waals surface area contributed by atoms with Crippen LogP contribution in [0.5, 0.6) is 0 Å². The summed E-state index contributed by atoms with van der Waals surface area (Å²) in [6, 6.07) is 8.52. The molecule has 3 aromatic rings. The summed E-state index contributed by atoms with van der Waals surface area (Å²) >= 11 is 0. The maximum absolute atomic E-state index is 11.4. The zero-order valence-electron chi connectivity index (χ0n) is 10.7. The number of hydrogen-bond donors (Lipinski definition) is 2. The lowest BCUT2D eigenvalue weighted by atomic mass is 10.1. The van der Waals surface area contributed by atoms with E-state index < -0.39 is 11.9 Å². The van der Waals surface area contributed by atoms with Gasteiger partial charge in [0.25, 0.3) is 5.91 Å². The van der Waals surface area contributed by atoms with E-state index in [4.69, 9.17) is 5.73 Å². The van der Waals surface area contributed by atoms with Gasteiger partial charge in [0.2, 0.25) is 0 Å². The molecule has 0 unspecified atom stereocenters. The van der Waals surface area contributed by atoms with Gasteiger partial charge < -0.3 is 10.8 Å². The maximum atomic E-state index is 11.4. The van der Waals surface area contributed by atoms with E-state index in [1.165, 1.54) is 23.1 Å². The summed E-state index contributed by atoms with van der Waals surface area (Å²) < 4.78 is 1.33. The van der Waals surface area contributed by atoms with Crippen molar-refractivity contribution in [1.82, 2.24) is 14.8 Å². The minimum absolute atomic E-state index is 0.00665. The Bertz CT molecular complexity index is 870. The molecular formula is C14H10N4O3. The van der Waals surface area contributed by atoms with E-state index in [1.54, 1.807) is 24.3 Å². The van der Waals surface area contributed by atoms with Crippen LogP contribution >= 0.6 is 0 Å². The van der Waals surface area contributed by atoms with E-state index in [0.29, 0.717) is 16.6 Å². The normalized spacial score (nSPS) is 10.7. The molecule has 0 bridgehead atoms. The Morgan fingerprint density at radius 2 is 1.95 bits per heavy atom. The number of carbonyl (C=O) groups is 2. The average Bonchev–Trinajstić information content (AvgIpc) is 2.95. The molecule has 0 aliphatic rings. The number of aromatic nitrogens is 3. The van der Waals surface area contributed by atoms with Crippen molar-refractivity contribution in [3.05, 3.63) is 54.0 Å². The van der Waals surface area contributed by atoms with Crippen molar-refractivity contribution in [2.45, 2.75) is 0 Å². The van der Waals surface area contributed by atoms with Crippen LogP contribution in [0.1, 0.15) is 20.8 Å². The van der Waals surface area contributed by atoms with Gasteiger partial charge in [0.1, 0.15) is 11.3 Å². The van der Waals surface area contributed by atoms with Crippen LogP contribution < -0.4 is 5.73 Å². The number of fused-ring (bicyclic) bond motifs is 1. The molecule has 1 amide bonds. The number of benzene rings is 1. The molecule has 2 aromatic heterocycles. The fourth-order valence-electron chi connectivity index (χ4n) is 2.11. The molecule has 7 heteroatoms. The molecular weight excluding hydrogens is 272 g/mol. The van der Waals surface area contributed by atoms with Gasteiger partial charge in [0.15, 0.2) is 0 Å². The molecule has 0 radical (unpaired) electrons. The van der Waals surface area contributed by atoms with Gasteiger partial charge in [-0.1, -0.05) is 18.2 Å². The predicted molar refractivity (Wildman–Crippen MR) is 74.3 cm³/mol. The van der Waals surface area contributed by atoms with Crippen LogP contribution in [-0.2, 0) is 0 Å². The Morgan fingerprint density at radius 3 is 2.62 bits per heavy atom. The van der Waals surface area contributed by atoms with Crippen LogP contribution in [0.15, 0.2) is 42.7 Å². The molecule has 0 saturated heterocycles. The Morgan fingerprint density at radius 1 is 1.19 bits per heavy atom. The van der Waals surface area contributed by atoms with Crippen LogP contribution in [0.2, 0.25) is 0 Å². The maximum Gasteiger partial charge on any atom is 0.339 e. The lowest BCUT2D eigenvalue weighted by molar-refractivity contribution is 0.0696. The molecule has 2 heterocycles. The highest BCUT2D eigenvalue weighted by Gasteiger charge is 2.17. The van der Waals surface area contributed by atoms with Crippen molar-refractivity contribution in [3.63, 3.8) is 0 Å². The molecule has 0 spiro atoms. The van der Waals surface area contributed by atoms with Crippen LogP contribution in [0.3, 0.4) is 0 Å². The highest BCUT2D eigenvalue weighted by atomic mass is 16.4. The summed E-state index contributed by atoms with van der Waals surface area (Å²) in [4.78, 5) is 26.7. The average molecular weight is 282 g/mol. The topological polar surface area (TPSA) is 111 Å². The largest absolute Gasteiger partial charge is 0.478 e. The van der Waals surface area contributed by atoms with Gasteiger partial charge in [-0.15, -0.1) is 0 Å². The van der Waals surface area contributed by atoms with Crippen molar-refractivity contribution >= 4 is 22.8 Å². The van der Waals surface area contributed by atoms with Crippen LogP contribution in [0.4, 0.5) is 0 Å². The predicted octanol–water partition coefficient (Wildman–Crippen LogP) is 1.22. The van der Waals surface area contributed by atoms with Gasteiger partial charge in [-0.3, -0.25) is 9.78 Å². The summed E-state index contributed by atoms with van der Waals surface area (Å²) in [6.45, 7) is 0. The minimum Gasteiger partial charge on any atom is -0.478 e. The molecule has 104 valence electrons. The minimum atomic E-state index is -1.13. The van der Waals surface area contributed by atoms with Gasteiger partial charge in [-0.2, -0.15) is 5.10 Å². The highest BCUT2D eigenvalue weighted by molar-refractivity contribution is 6.00. The Labute approximate surface area is 118 Å². The second-order valence-corrected chi connectivity index (χ2v) is 4.35. The van der Waals surface area contributed by atoms with Crippen molar-refractivity contribution < 1.29 is 14.7 Å². The second kappa shape index (κ2) is 4.71. The van der Waals surface area contributed by atoms with Crippen molar-refractivity contribution in [1.29, 1.82) is 0 Å². The SMILES string of the molecule is NC(=O)c1ccn(-c2c(C(=O)O)cnc3ccccc23)n1. The Kier molecular flexibility index (Phi) is 2.87. The number of nitrogens with two attached hydrogens (primary N) is 1. The number of nitrogens with zero attached hydrogens (tertiary/aromatic N) is 3. The molecule has 7 nitrogen and oxygen atoms in total. The van der Waals surface area contributed by atoms with Gasteiger partial charge in [-0.25, -0.2) is 9.48 Å². The van der Waals surface area contributed by atoms with E-state index in [0.717, 1.165) is 0 Å². The lowest BCUT2D eigenvalue weighted by Crippen LogP contribution is -2.13. The zero-order valence-corrected chi connectivity index (χ0v) is 10.7. The summed E-state index contributed by atoms with van der Waals surface area (Å²) in [5, 5.41) is 14.0. The third kappa shape index (κ3) is 2.10. The smallest absolute Gasteiger partial charge is 0.339 e. The third-order valence-corrected chi connectivity index (χ3v) is 3.05.